The number of ether oxygens (including phenoxy) is 1. The monoisotopic (exact) mass is 305 g/mol. The normalized spacial score (nSPS) is 13.7. The number of hydrogen-bond acceptors (Lipinski definition) is 2. The van der Waals surface area contributed by atoms with Gasteiger partial charge < -0.3 is 10.1 Å². The van der Waals surface area contributed by atoms with Gasteiger partial charge in [0.15, 0.2) is 0 Å². The average Bonchev–Trinajstić information content (AvgIpc) is 2.49. The molecule has 0 saturated carbocycles. The second-order valence-electron chi connectivity index (χ2n) is 6.17. The summed E-state index contributed by atoms with van der Waals surface area (Å²) < 4.78 is 5.41. The van der Waals surface area contributed by atoms with Crippen molar-refractivity contribution in [2.24, 2.45) is 5.92 Å². The molecule has 2 atom stereocenters. The number of amides is 1. The minimum atomic E-state index is -0.369. The molecular formula is C19H31NO2. The van der Waals surface area contributed by atoms with Crippen molar-refractivity contribution in [1.29, 1.82) is 0 Å². The molecule has 22 heavy (non-hydrogen) atoms. The van der Waals surface area contributed by atoms with Crippen molar-refractivity contribution in [1.82, 2.24) is 0 Å². The summed E-state index contributed by atoms with van der Waals surface area (Å²) in [4.78, 5) is 12.4. The van der Waals surface area contributed by atoms with Crippen LogP contribution in [0, 0.1) is 19.8 Å². The Bertz CT molecular complexity index is 471. The van der Waals surface area contributed by atoms with Gasteiger partial charge in [0.05, 0.1) is 0 Å². The van der Waals surface area contributed by atoms with E-state index in [0.29, 0.717) is 5.92 Å². The molecule has 0 saturated heterocycles. The van der Waals surface area contributed by atoms with Crippen molar-refractivity contribution < 1.29 is 9.53 Å². The lowest BCUT2D eigenvalue weighted by molar-refractivity contribution is -0.126. The van der Waals surface area contributed by atoms with Gasteiger partial charge in [-0.25, -0.2) is 0 Å². The Morgan fingerprint density at radius 1 is 1.18 bits per heavy atom. The maximum atomic E-state index is 12.4. The van der Waals surface area contributed by atoms with E-state index in [1.54, 1.807) is 7.11 Å². The van der Waals surface area contributed by atoms with Crippen molar-refractivity contribution in [3.63, 3.8) is 0 Å². The Hall–Kier alpha value is -1.35. The van der Waals surface area contributed by atoms with Crippen LogP contribution in [0.2, 0.25) is 0 Å². The van der Waals surface area contributed by atoms with Gasteiger partial charge in [0.2, 0.25) is 0 Å². The number of hydrogen-bond donors (Lipinski definition) is 1. The fraction of sp³-hybridized carbons (Fsp3) is 0.632. The smallest absolute Gasteiger partial charge is 0.253 e. The Morgan fingerprint density at radius 3 is 2.45 bits per heavy atom. The predicted octanol–water partition coefficient (Wildman–Crippen LogP) is 4.86. The lowest BCUT2D eigenvalue weighted by atomic mass is 9.93. The molecule has 0 bridgehead atoms. The first-order valence-corrected chi connectivity index (χ1v) is 8.42. The lowest BCUT2D eigenvalue weighted by Crippen LogP contribution is -2.30. The molecule has 1 amide bonds. The highest BCUT2D eigenvalue weighted by Crippen LogP contribution is 2.21. The van der Waals surface area contributed by atoms with Crippen LogP contribution in [-0.2, 0) is 9.53 Å². The predicted molar refractivity (Wildman–Crippen MR) is 93.3 cm³/mol. The zero-order chi connectivity index (χ0) is 16.5. The van der Waals surface area contributed by atoms with Crippen LogP contribution in [-0.4, -0.2) is 19.1 Å². The zero-order valence-electron chi connectivity index (χ0n) is 14.7. The van der Waals surface area contributed by atoms with Gasteiger partial charge in [0.1, 0.15) is 6.10 Å². The SMILES string of the molecule is CCCC(CC)CCC(OC)C(=O)Nc1ccc(C)cc1C. The molecule has 1 aromatic carbocycles. The molecular weight excluding hydrogens is 274 g/mol. The Kier molecular flexibility index (Phi) is 8.18. The van der Waals surface area contributed by atoms with Crippen LogP contribution in [0.5, 0.6) is 0 Å². The molecule has 0 aliphatic carbocycles. The maximum Gasteiger partial charge on any atom is 0.253 e. The summed E-state index contributed by atoms with van der Waals surface area (Å²) in [6.07, 6.45) is 5.06. The summed E-state index contributed by atoms with van der Waals surface area (Å²) in [5.74, 6) is 0.650. The van der Waals surface area contributed by atoms with Gasteiger partial charge in [0.25, 0.3) is 5.91 Å². The molecule has 1 N–H and O–H groups in total. The summed E-state index contributed by atoms with van der Waals surface area (Å²) in [5.41, 5.74) is 3.16. The molecule has 0 aromatic heterocycles. The molecule has 3 nitrogen and oxygen atoms in total. The van der Waals surface area contributed by atoms with Crippen LogP contribution in [0.25, 0.3) is 0 Å². The molecule has 0 heterocycles. The van der Waals surface area contributed by atoms with E-state index in [1.807, 2.05) is 19.1 Å². The average molecular weight is 305 g/mol. The van der Waals surface area contributed by atoms with Crippen molar-refractivity contribution in [2.75, 3.05) is 12.4 Å². The van der Waals surface area contributed by atoms with Crippen LogP contribution >= 0.6 is 0 Å². The second kappa shape index (κ2) is 9.62. The molecule has 2 unspecified atom stereocenters. The molecule has 0 aliphatic heterocycles. The summed E-state index contributed by atoms with van der Waals surface area (Å²) >= 11 is 0. The Labute approximate surface area is 135 Å². The summed E-state index contributed by atoms with van der Waals surface area (Å²) in [6, 6.07) is 6.05. The molecule has 3 heteroatoms. The van der Waals surface area contributed by atoms with Gasteiger partial charge in [-0.3, -0.25) is 4.79 Å². The van der Waals surface area contributed by atoms with Crippen molar-refractivity contribution in [2.45, 2.75) is 65.9 Å². The molecule has 0 spiro atoms. The second-order valence-corrected chi connectivity index (χ2v) is 6.17. The number of benzene rings is 1. The van der Waals surface area contributed by atoms with Crippen LogP contribution in [0.15, 0.2) is 18.2 Å². The molecule has 124 valence electrons. The van der Waals surface area contributed by atoms with E-state index >= 15 is 0 Å². The van der Waals surface area contributed by atoms with Crippen molar-refractivity contribution in [3.05, 3.63) is 29.3 Å². The van der Waals surface area contributed by atoms with E-state index in [0.717, 1.165) is 24.1 Å². The summed E-state index contributed by atoms with van der Waals surface area (Å²) in [6.45, 7) is 8.50. The first kappa shape index (κ1) is 18.7. The Balaban J connectivity index is 2.60. The molecule has 0 radical (unpaired) electrons. The van der Waals surface area contributed by atoms with E-state index in [4.69, 9.17) is 4.74 Å². The molecule has 1 rings (SSSR count). The van der Waals surface area contributed by atoms with E-state index in [1.165, 1.54) is 24.8 Å². The number of methoxy groups -OCH3 is 1. The number of carbonyl (C=O) groups is 1. The molecule has 0 aliphatic rings. The number of rotatable bonds is 9. The Morgan fingerprint density at radius 2 is 1.91 bits per heavy atom. The van der Waals surface area contributed by atoms with E-state index in [9.17, 15) is 4.79 Å². The number of carbonyl (C=O) groups excluding carboxylic acids is 1. The number of nitrogens with one attached hydrogen (secondary N) is 1. The van der Waals surface area contributed by atoms with Crippen molar-refractivity contribution >= 4 is 11.6 Å². The van der Waals surface area contributed by atoms with E-state index in [-0.39, 0.29) is 12.0 Å². The summed E-state index contributed by atoms with van der Waals surface area (Å²) in [5, 5.41) is 3.00. The number of aryl methyl sites for hydroxylation is 2. The number of anilines is 1. The fourth-order valence-electron chi connectivity index (χ4n) is 2.87. The third kappa shape index (κ3) is 5.80. The quantitative estimate of drug-likeness (QED) is 0.707. The standard InChI is InChI=1S/C19H31NO2/c1-6-8-16(7-2)10-12-18(22-5)19(21)20-17-11-9-14(3)13-15(17)4/h9,11,13,16,18H,6-8,10,12H2,1-5H3,(H,20,21). The van der Waals surface area contributed by atoms with Crippen LogP contribution < -0.4 is 5.32 Å². The highest BCUT2D eigenvalue weighted by Gasteiger charge is 2.20. The molecule has 1 aromatic rings. The highest BCUT2D eigenvalue weighted by atomic mass is 16.5. The third-order valence-corrected chi connectivity index (χ3v) is 4.33. The first-order chi connectivity index (χ1) is 10.5. The lowest BCUT2D eigenvalue weighted by Gasteiger charge is -2.19. The first-order valence-electron chi connectivity index (χ1n) is 8.42. The third-order valence-electron chi connectivity index (χ3n) is 4.33. The minimum Gasteiger partial charge on any atom is -0.372 e. The van der Waals surface area contributed by atoms with E-state index in [2.05, 4.69) is 32.2 Å². The van der Waals surface area contributed by atoms with Gasteiger partial charge in [-0.1, -0.05) is 50.8 Å². The van der Waals surface area contributed by atoms with Crippen LogP contribution in [0.3, 0.4) is 0 Å². The van der Waals surface area contributed by atoms with E-state index < -0.39 is 0 Å². The van der Waals surface area contributed by atoms with Crippen molar-refractivity contribution in [3.8, 4) is 0 Å². The minimum absolute atomic E-state index is 0.0409. The zero-order valence-corrected chi connectivity index (χ0v) is 14.7. The largest absolute Gasteiger partial charge is 0.372 e. The van der Waals surface area contributed by atoms with Gasteiger partial charge in [0, 0.05) is 12.8 Å². The van der Waals surface area contributed by atoms with Crippen LogP contribution in [0.4, 0.5) is 5.69 Å². The summed E-state index contributed by atoms with van der Waals surface area (Å²) in [7, 11) is 1.62. The van der Waals surface area contributed by atoms with Gasteiger partial charge in [-0.15, -0.1) is 0 Å². The topological polar surface area (TPSA) is 38.3 Å². The van der Waals surface area contributed by atoms with Gasteiger partial charge >= 0.3 is 0 Å². The highest BCUT2D eigenvalue weighted by molar-refractivity contribution is 5.94. The van der Waals surface area contributed by atoms with Gasteiger partial charge in [-0.05, 0) is 44.2 Å². The van der Waals surface area contributed by atoms with Crippen LogP contribution in [0.1, 0.15) is 57.1 Å². The fourth-order valence-corrected chi connectivity index (χ4v) is 2.87. The van der Waals surface area contributed by atoms with Gasteiger partial charge in [-0.2, -0.15) is 0 Å². The maximum absolute atomic E-state index is 12.4. The molecule has 0 fully saturated rings.